The van der Waals surface area contributed by atoms with Gasteiger partial charge in [-0.25, -0.2) is 4.68 Å². The first-order valence-electron chi connectivity index (χ1n) is 14.7. The Morgan fingerprint density at radius 1 is 0.953 bits per heavy atom. The lowest BCUT2D eigenvalue weighted by molar-refractivity contribution is -0.143. The molecule has 0 saturated carbocycles. The number of aryl methyl sites for hydroxylation is 1. The van der Waals surface area contributed by atoms with Crippen molar-refractivity contribution in [2.24, 2.45) is 0 Å². The van der Waals surface area contributed by atoms with Gasteiger partial charge in [-0.1, -0.05) is 103 Å². The van der Waals surface area contributed by atoms with Gasteiger partial charge in [-0.2, -0.15) is 0 Å². The average Bonchev–Trinajstić information content (AvgIpc) is 3.47. The predicted octanol–water partition coefficient (Wildman–Crippen LogP) is 5.75. The molecular formula is C34H37N5O3S. The van der Waals surface area contributed by atoms with E-state index < -0.39 is 5.54 Å². The summed E-state index contributed by atoms with van der Waals surface area (Å²) in [6, 6.07) is 31.9. The molecule has 3 aromatic carbocycles. The van der Waals surface area contributed by atoms with E-state index in [9.17, 15) is 9.59 Å². The topological polar surface area (TPSA) is 90.2 Å². The average molecular weight is 596 g/mol. The molecule has 0 spiro atoms. The fourth-order valence-electron chi connectivity index (χ4n) is 5.95. The number of nitrogens with zero attached hydrogens (tertiary/aromatic N) is 5. The molecule has 0 amide bonds. The quantitative estimate of drug-likeness (QED) is 0.160. The van der Waals surface area contributed by atoms with Crippen LogP contribution >= 0.6 is 11.8 Å². The highest BCUT2D eigenvalue weighted by molar-refractivity contribution is 8.14. The number of hydrogen-bond acceptors (Lipinski definition) is 8. The zero-order chi connectivity index (χ0) is 30.1. The highest BCUT2D eigenvalue weighted by Gasteiger charge is 2.44. The van der Waals surface area contributed by atoms with Crippen molar-refractivity contribution in [3.63, 3.8) is 0 Å². The summed E-state index contributed by atoms with van der Waals surface area (Å²) in [5, 5.41) is 12.5. The maximum Gasteiger partial charge on any atom is 0.305 e. The maximum absolute atomic E-state index is 12.4. The predicted molar refractivity (Wildman–Crippen MR) is 169 cm³/mol. The molecule has 0 bridgehead atoms. The number of likely N-dealkylation sites (tertiary alicyclic amines) is 1. The van der Waals surface area contributed by atoms with Gasteiger partial charge >= 0.3 is 5.97 Å². The van der Waals surface area contributed by atoms with E-state index >= 15 is 0 Å². The summed E-state index contributed by atoms with van der Waals surface area (Å²) in [5.41, 5.74) is 4.04. The summed E-state index contributed by atoms with van der Waals surface area (Å²) >= 11 is 1.37. The Balaban J connectivity index is 1.57. The molecule has 9 heteroatoms. The van der Waals surface area contributed by atoms with E-state index in [2.05, 4.69) is 93.2 Å². The highest BCUT2D eigenvalue weighted by Crippen LogP contribution is 2.45. The minimum Gasteiger partial charge on any atom is -0.466 e. The Labute approximate surface area is 257 Å². The van der Waals surface area contributed by atoms with Gasteiger partial charge in [0.15, 0.2) is 10.9 Å². The molecule has 222 valence electrons. The van der Waals surface area contributed by atoms with E-state index in [-0.39, 0.29) is 16.3 Å². The number of carbonyl (C=O) groups excluding carboxylic acids is 2. The van der Waals surface area contributed by atoms with Gasteiger partial charge in [-0.15, -0.1) is 5.10 Å². The molecular weight excluding hydrogens is 558 g/mol. The zero-order valence-corrected chi connectivity index (χ0v) is 25.5. The van der Waals surface area contributed by atoms with Crippen LogP contribution in [0.25, 0.3) is 6.08 Å². The minimum atomic E-state index is -0.569. The third-order valence-electron chi connectivity index (χ3n) is 7.74. The second-order valence-electron chi connectivity index (χ2n) is 10.5. The van der Waals surface area contributed by atoms with Crippen LogP contribution in [0.5, 0.6) is 0 Å². The van der Waals surface area contributed by atoms with Gasteiger partial charge in [0.1, 0.15) is 0 Å². The number of tetrazole rings is 1. The SMILES string of the molecule is CCOC(=O)CCCn1nnnc1/C=C1\CN(C(c2ccccc2)(c2ccccc2)c2ccccc2)CCC1SC(C)=O. The molecule has 1 atom stereocenters. The summed E-state index contributed by atoms with van der Waals surface area (Å²) in [6.45, 7) is 5.67. The molecule has 0 aliphatic carbocycles. The lowest BCUT2D eigenvalue weighted by Gasteiger charge is -2.49. The Morgan fingerprint density at radius 3 is 2.07 bits per heavy atom. The first kappa shape index (κ1) is 30.4. The van der Waals surface area contributed by atoms with Crippen molar-refractivity contribution in [2.75, 3.05) is 19.7 Å². The molecule has 1 aromatic heterocycles. The van der Waals surface area contributed by atoms with Crippen LogP contribution in [0.4, 0.5) is 0 Å². The number of esters is 1. The smallest absolute Gasteiger partial charge is 0.305 e. The summed E-state index contributed by atoms with van der Waals surface area (Å²) in [5.74, 6) is 0.384. The van der Waals surface area contributed by atoms with Gasteiger partial charge in [0, 0.05) is 38.2 Å². The van der Waals surface area contributed by atoms with E-state index in [1.807, 2.05) is 24.3 Å². The van der Waals surface area contributed by atoms with Crippen molar-refractivity contribution in [1.82, 2.24) is 25.1 Å². The molecule has 0 N–H and O–H groups in total. The fraction of sp³-hybridized carbons (Fsp3) is 0.324. The number of hydrogen-bond donors (Lipinski definition) is 0. The molecule has 8 nitrogen and oxygen atoms in total. The fourth-order valence-corrected chi connectivity index (χ4v) is 6.87. The van der Waals surface area contributed by atoms with Gasteiger partial charge in [0.05, 0.1) is 12.1 Å². The van der Waals surface area contributed by atoms with Crippen molar-refractivity contribution < 1.29 is 14.3 Å². The van der Waals surface area contributed by atoms with Crippen LogP contribution in [0.2, 0.25) is 0 Å². The van der Waals surface area contributed by atoms with E-state index in [0.29, 0.717) is 38.4 Å². The van der Waals surface area contributed by atoms with E-state index in [4.69, 9.17) is 4.74 Å². The Hall–Kier alpha value is -4.08. The van der Waals surface area contributed by atoms with Crippen molar-refractivity contribution in [3.05, 3.63) is 119 Å². The zero-order valence-electron chi connectivity index (χ0n) is 24.6. The molecule has 5 rings (SSSR count). The van der Waals surface area contributed by atoms with Crippen LogP contribution in [0, 0.1) is 0 Å². The van der Waals surface area contributed by atoms with Gasteiger partial charge in [0.25, 0.3) is 0 Å². The van der Waals surface area contributed by atoms with Crippen LogP contribution in [-0.4, -0.2) is 61.1 Å². The standard InChI is InChI=1S/C34H37N5O3S/c1-3-42-33(41)20-13-22-39-32(35-36-37-39)24-27-25-38(23-21-31(27)43-26(2)40)34(28-14-7-4-8-15-28,29-16-9-5-10-17-29)30-18-11-6-12-19-30/h4-12,14-19,24,31H,3,13,20-23,25H2,1-2H3/b27-24+. The molecule has 1 unspecified atom stereocenters. The third kappa shape index (κ3) is 6.95. The van der Waals surface area contributed by atoms with Gasteiger partial charge in [-0.3, -0.25) is 14.5 Å². The largest absolute Gasteiger partial charge is 0.466 e. The van der Waals surface area contributed by atoms with Gasteiger partial charge in [0.2, 0.25) is 0 Å². The Bertz CT molecular complexity index is 1430. The Kier molecular flexibility index (Phi) is 10.2. The van der Waals surface area contributed by atoms with Crippen molar-refractivity contribution in [1.29, 1.82) is 0 Å². The summed E-state index contributed by atoms with van der Waals surface area (Å²) in [4.78, 5) is 26.7. The number of thioether (sulfide) groups is 1. The number of ether oxygens (including phenoxy) is 1. The molecule has 2 heterocycles. The lowest BCUT2D eigenvalue weighted by atomic mass is 9.74. The highest BCUT2D eigenvalue weighted by atomic mass is 32.2. The molecule has 1 saturated heterocycles. The Morgan fingerprint density at radius 2 is 1.53 bits per heavy atom. The normalized spacial score (nSPS) is 16.7. The number of benzene rings is 3. The first-order chi connectivity index (χ1) is 21.0. The molecule has 1 aliphatic rings. The molecule has 1 fully saturated rings. The van der Waals surface area contributed by atoms with Crippen LogP contribution in [-0.2, 0) is 26.4 Å². The molecule has 0 radical (unpaired) electrons. The van der Waals surface area contributed by atoms with Gasteiger partial charge < -0.3 is 4.74 Å². The number of carbonyl (C=O) groups is 2. The van der Waals surface area contributed by atoms with Crippen LogP contribution in [0.15, 0.2) is 96.6 Å². The van der Waals surface area contributed by atoms with Crippen LogP contribution in [0.3, 0.4) is 0 Å². The van der Waals surface area contributed by atoms with Crippen LogP contribution in [0.1, 0.15) is 55.6 Å². The van der Waals surface area contributed by atoms with Gasteiger partial charge in [-0.05, 0) is 58.5 Å². The number of piperidine rings is 1. The molecule has 1 aliphatic heterocycles. The van der Waals surface area contributed by atoms with Crippen molar-refractivity contribution in [3.8, 4) is 0 Å². The number of aromatic nitrogens is 4. The molecule has 43 heavy (non-hydrogen) atoms. The van der Waals surface area contributed by atoms with Crippen molar-refractivity contribution in [2.45, 2.75) is 50.4 Å². The number of rotatable bonds is 11. The van der Waals surface area contributed by atoms with Crippen LogP contribution < -0.4 is 0 Å². The van der Waals surface area contributed by atoms with E-state index in [0.717, 1.165) is 18.5 Å². The third-order valence-corrected chi connectivity index (χ3v) is 8.89. The first-order valence-corrected chi connectivity index (χ1v) is 15.6. The summed E-state index contributed by atoms with van der Waals surface area (Å²) < 4.78 is 6.79. The van der Waals surface area contributed by atoms with E-state index in [1.54, 1.807) is 18.5 Å². The second kappa shape index (κ2) is 14.4. The summed E-state index contributed by atoms with van der Waals surface area (Å²) in [6.07, 6.45) is 3.68. The second-order valence-corrected chi connectivity index (χ2v) is 11.9. The minimum absolute atomic E-state index is 0.00143. The van der Waals surface area contributed by atoms with Crippen molar-refractivity contribution >= 4 is 28.9 Å². The molecule has 4 aromatic rings. The maximum atomic E-state index is 12.4. The lowest BCUT2D eigenvalue weighted by Crippen LogP contribution is -2.52. The van der Waals surface area contributed by atoms with E-state index in [1.165, 1.54) is 28.5 Å². The monoisotopic (exact) mass is 595 g/mol. The summed E-state index contributed by atoms with van der Waals surface area (Å²) in [7, 11) is 0.